The topological polar surface area (TPSA) is 29.5 Å². The van der Waals surface area contributed by atoms with E-state index in [4.69, 9.17) is 0 Å². The maximum Gasteiger partial charge on any atom is 0.411 e. The van der Waals surface area contributed by atoms with Gasteiger partial charge in [0.25, 0.3) is 0 Å². The number of benzene rings is 1. The lowest BCUT2D eigenvalue weighted by atomic mass is 10.1. The Morgan fingerprint density at radius 3 is 2.41 bits per heavy atom. The van der Waals surface area contributed by atoms with E-state index in [0.717, 1.165) is 12.1 Å². The molecular formula is C10H9F5O2. The minimum absolute atomic E-state index is 0.312. The number of aliphatic hydroxyl groups excluding tert-OH is 1. The number of hydrogen-bond donors (Lipinski definition) is 1. The van der Waals surface area contributed by atoms with Gasteiger partial charge in [0.05, 0.1) is 6.61 Å². The largest absolute Gasteiger partial charge is 0.411 e. The summed E-state index contributed by atoms with van der Waals surface area (Å²) in [6.07, 6.45) is -6.08. The molecule has 1 aromatic rings. The highest BCUT2D eigenvalue weighted by atomic mass is 19.4. The molecule has 0 aromatic heterocycles. The van der Waals surface area contributed by atoms with Gasteiger partial charge in [0, 0.05) is 11.6 Å². The Morgan fingerprint density at radius 2 is 1.88 bits per heavy atom. The summed E-state index contributed by atoms with van der Waals surface area (Å²) in [4.78, 5) is 0. The average Bonchev–Trinajstić information content (AvgIpc) is 2.15. The van der Waals surface area contributed by atoms with Crippen molar-refractivity contribution in [2.45, 2.75) is 12.3 Å². The molecular weight excluding hydrogens is 247 g/mol. The van der Waals surface area contributed by atoms with Gasteiger partial charge in [-0.15, -0.1) is 0 Å². The molecule has 1 aromatic carbocycles. The van der Waals surface area contributed by atoms with E-state index >= 15 is 0 Å². The normalized spacial score (nSPS) is 13.8. The molecule has 7 heteroatoms. The molecule has 96 valence electrons. The molecule has 1 rings (SSSR count). The van der Waals surface area contributed by atoms with Crippen LogP contribution in [0.15, 0.2) is 18.2 Å². The molecule has 0 bridgehead atoms. The number of halogens is 5. The van der Waals surface area contributed by atoms with E-state index in [1.165, 1.54) is 0 Å². The quantitative estimate of drug-likeness (QED) is 0.839. The van der Waals surface area contributed by atoms with Crippen LogP contribution in [0.25, 0.3) is 0 Å². The summed E-state index contributed by atoms with van der Waals surface area (Å²) in [7, 11) is 0. The Hall–Kier alpha value is -1.21. The Bertz CT molecular complexity index is 377. The SMILES string of the molecule is OC(COCC(F)(F)F)c1ccc(F)cc1F. The molecule has 1 N–H and O–H groups in total. The maximum absolute atomic E-state index is 13.1. The summed E-state index contributed by atoms with van der Waals surface area (Å²) in [6, 6.07) is 2.37. The molecule has 17 heavy (non-hydrogen) atoms. The van der Waals surface area contributed by atoms with Crippen LogP contribution < -0.4 is 0 Å². The Kier molecular flexibility index (Phi) is 4.41. The molecule has 0 amide bonds. The average molecular weight is 256 g/mol. The summed E-state index contributed by atoms with van der Waals surface area (Å²) >= 11 is 0. The molecule has 1 atom stereocenters. The van der Waals surface area contributed by atoms with E-state index in [9.17, 15) is 27.1 Å². The van der Waals surface area contributed by atoms with Gasteiger partial charge in [0.1, 0.15) is 24.3 Å². The van der Waals surface area contributed by atoms with Crippen LogP contribution in [-0.4, -0.2) is 24.5 Å². The Balaban J connectivity index is 2.55. The summed E-state index contributed by atoms with van der Waals surface area (Å²) in [5, 5.41) is 9.33. The van der Waals surface area contributed by atoms with Crippen LogP contribution in [0.1, 0.15) is 11.7 Å². The first-order valence-corrected chi connectivity index (χ1v) is 4.57. The highest BCUT2D eigenvalue weighted by molar-refractivity contribution is 5.20. The molecule has 0 spiro atoms. The van der Waals surface area contributed by atoms with E-state index in [2.05, 4.69) is 4.74 Å². The molecule has 0 fully saturated rings. The number of aliphatic hydroxyl groups is 1. The predicted molar refractivity (Wildman–Crippen MR) is 48.2 cm³/mol. The minimum atomic E-state index is -4.51. The van der Waals surface area contributed by atoms with Crippen molar-refractivity contribution < 1.29 is 31.8 Å². The third-order valence-electron chi connectivity index (χ3n) is 1.86. The molecule has 0 heterocycles. The van der Waals surface area contributed by atoms with E-state index in [0.29, 0.717) is 6.07 Å². The zero-order valence-corrected chi connectivity index (χ0v) is 8.47. The van der Waals surface area contributed by atoms with Crippen LogP contribution in [0, 0.1) is 11.6 Å². The lowest BCUT2D eigenvalue weighted by Crippen LogP contribution is -2.20. The van der Waals surface area contributed by atoms with Crippen molar-refractivity contribution in [1.29, 1.82) is 0 Å². The summed E-state index contributed by atoms with van der Waals surface area (Å²) < 4.78 is 64.9. The maximum atomic E-state index is 13.1. The molecule has 1 unspecified atom stereocenters. The second-order valence-corrected chi connectivity index (χ2v) is 3.31. The number of hydrogen-bond acceptors (Lipinski definition) is 2. The van der Waals surface area contributed by atoms with Gasteiger partial charge in [0.2, 0.25) is 0 Å². The smallest absolute Gasteiger partial charge is 0.386 e. The highest BCUT2D eigenvalue weighted by Gasteiger charge is 2.28. The van der Waals surface area contributed by atoms with Crippen LogP contribution >= 0.6 is 0 Å². The third kappa shape index (κ3) is 4.66. The second kappa shape index (κ2) is 5.42. The lowest BCUT2D eigenvalue weighted by molar-refractivity contribution is -0.179. The number of ether oxygens (including phenoxy) is 1. The molecule has 0 saturated carbocycles. The summed E-state index contributed by atoms with van der Waals surface area (Å²) in [5.41, 5.74) is -0.312. The van der Waals surface area contributed by atoms with Crippen LogP contribution in [0.5, 0.6) is 0 Å². The lowest BCUT2D eigenvalue weighted by Gasteiger charge is -2.13. The fourth-order valence-corrected chi connectivity index (χ4v) is 1.15. The minimum Gasteiger partial charge on any atom is -0.386 e. The van der Waals surface area contributed by atoms with Crippen LogP contribution in [0.2, 0.25) is 0 Å². The number of rotatable bonds is 4. The molecule has 0 aliphatic carbocycles. The van der Waals surface area contributed by atoms with E-state index < -0.39 is 37.1 Å². The van der Waals surface area contributed by atoms with Crippen molar-refractivity contribution in [2.24, 2.45) is 0 Å². The first-order chi connectivity index (χ1) is 7.79. The highest BCUT2D eigenvalue weighted by Crippen LogP contribution is 2.20. The zero-order chi connectivity index (χ0) is 13.1. The fourth-order valence-electron chi connectivity index (χ4n) is 1.15. The summed E-state index contributed by atoms with van der Waals surface area (Å²) in [6.45, 7) is -2.26. The van der Waals surface area contributed by atoms with Crippen LogP contribution in [0.3, 0.4) is 0 Å². The van der Waals surface area contributed by atoms with E-state index in [1.807, 2.05) is 0 Å². The Labute approximate surface area is 93.6 Å². The standard InChI is InChI=1S/C10H9F5O2/c11-6-1-2-7(8(12)3-6)9(16)4-17-5-10(13,14)15/h1-3,9,16H,4-5H2. The van der Waals surface area contributed by atoms with Crippen molar-refractivity contribution in [1.82, 2.24) is 0 Å². The van der Waals surface area contributed by atoms with Gasteiger partial charge >= 0.3 is 6.18 Å². The van der Waals surface area contributed by atoms with E-state index in [-0.39, 0.29) is 5.56 Å². The van der Waals surface area contributed by atoms with Gasteiger partial charge in [-0.05, 0) is 6.07 Å². The van der Waals surface area contributed by atoms with Crippen LogP contribution in [-0.2, 0) is 4.74 Å². The molecule has 0 saturated heterocycles. The van der Waals surface area contributed by atoms with Crippen molar-refractivity contribution in [3.8, 4) is 0 Å². The molecule has 0 radical (unpaired) electrons. The van der Waals surface area contributed by atoms with Gasteiger partial charge < -0.3 is 9.84 Å². The second-order valence-electron chi connectivity index (χ2n) is 3.31. The third-order valence-corrected chi connectivity index (χ3v) is 1.86. The van der Waals surface area contributed by atoms with Gasteiger partial charge in [0.15, 0.2) is 0 Å². The van der Waals surface area contributed by atoms with Crippen molar-refractivity contribution >= 4 is 0 Å². The van der Waals surface area contributed by atoms with Crippen molar-refractivity contribution in [2.75, 3.05) is 13.2 Å². The first kappa shape index (κ1) is 13.9. The summed E-state index contributed by atoms with van der Waals surface area (Å²) in [5.74, 6) is -1.87. The molecule has 0 aliphatic heterocycles. The van der Waals surface area contributed by atoms with Crippen molar-refractivity contribution in [3.63, 3.8) is 0 Å². The van der Waals surface area contributed by atoms with Crippen molar-refractivity contribution in [3.05, 3.63) is 35.4 Å². The molecule has 0 aliphatic rings. The van der Waals surface area contributed by atoms with Gasteiger partial charge in [-0.2, -0.15) is 13.2 Å². The molecule has 2 nitrogen and oxygen atoms in total. The monoisotopic (exact) mass is 256 g/mol. The number of alkyl halides is 3. The van der Waals surface area contributed by atoms with Crippen LogP contribution in [0.4, 0.5) is 22.0 Å². The first-order valence-electron chi connectivity index (χ1n) is 4.57. The van der Waals surface area contributed by atoms with Gasteiger partial charge in [-0.3, -0.25) is 0 Å². The fraction of sp³-hybridized carbons (Fsp3) is 0.400. The van der Waals surface area contributed by atoms with Gasteiger partial charge in [-0.25, -0.2) is 8.78 Å². The predicted octanol–water partition coefficient (Wildman–Crippen LogP) is 2.58. The van der Waals surface area contributed by atoms with Gasteiger partial charge in [-0.1, -0.05) is 6.07 Å². The zero-order valence-electron chi connectivity index (χ0n) is 8.47. The Morgan fingerprint density at radius 1 is 1.24 bits per heavy atom. The van der Waals surface area contributed by atoms with E-state index in [1.54, 1.807) is 0 Å².